The van der Waals surface area contributed by atoms with Gasteiger partial charge in [-0.2, -0.15) is 0 Å². The SMILES string of the molecule is Nc1cccc(C(O)C(CNC(=O)O)c2ccc(Cl)c(Cl)c2)c1. The summed E-state index contributed by atoms with van der Waals surface area (Å²) in [5.74, 6) is -0.539. The Balaban J connectivity index is 2.36. The first-order chi connectivity index (χ1) is 10.9. The summed E-state index contributed by atoms with van der Waals surface area (Å²) in [5.41, 5.74) is 7.52. The van der Waals surface area contributed by atoms with Gasteiger partial charge in [0.1, 0.15) is 0 Å². The van der Waals surface area contributed by atoms with Crippen molar-refractivity contribution in [3.63, 3.8) is 0 Å². The van der Waals surface area contributed by atoms with Gasteiger partial charge in [0.25, 0.3) is 0 Å². The molecule has 2 atom stereocenters. The van der Waals surface area contributed by atoms with Crippen molar-refractivity contribution in [3.05, 3.63) is 63.6 Å². The van der Waals surface area contributed by atoms with E-state index >= 15 is 0 Å². The standard InChI is InChI=1S/C16H16Cl2N2O3/c17-13-5-4-9(7-14(13)18)12(8-20-16(22)23)15(21)10-2-1-3-11(19)6-10/h1-7,12,15,20-21H,8,19H2,(H,22,23). The number of hydrogen-bond acceptors (Lipinski definition) is 3. The molecule has 2 aromatic rings. The average molecular weight is 355 g/mol. The van der Waals surface area contributed by atoms with E-state index in [1.54, 1.807) is 42.5 Å². The van der Waals surface area contributed by atoms with Crippen LogP contribution in [0.4, 0.5) is 10.5 Å². The lowest BCUT2D eigenvalue weighted by molar-refractivity contribution is 0.140. The van der Waals surface area contributed by atoms with Gasteiger partial charge in [0.2, 0.25) is 0 Å². The van der Waals surface area contributed by atoms with Gasteiger partial charge in [0.15, 0.2) is 0 Å². The van der Waals surface area contributed by atoms with Crippen LogP contribution >= 0.6 is 23.2 Å². The molecular formula is C16H16Cl2N2O3. The second-order valence-corrected chi connectivity index (χ2v) is 5.90. The first kappa shape index (κ1) is 17.4. The van der Waals surface area contributed by atoms with E-state index in [1.807, 2.05) is 0 Å². The molecule has 23 heavy (non-hydrogen) atoms. The van der Waals surface area contributed by atoms with Gasteiger partial charge >= 0.3 is 6.09 Å². The molecule has 122 valence electrons. The van der Waals surface area contributed by atoms with Gasteiger partial charge in [0.05, 0.1) is 16.1 Å². The van der Waals surface area contributed by atoms with Crippen molar-refractivity contribution in [1.82, 2.24) is 5.32 Å². The molecule has 2 unspecified atom stereocenters. The Labute approximate surface area is 143 Å². The van der Waals surface area contributed by atoms with Gasteiger partial charge in [-0.05, 0) is 35.4 Å². The van der Waals surface area contributed by atoms with Gasteiger partial charge in [0, 0.05) is 18.2 Å². The van der Waals surface area contributed by atoms with Gasteiger partial charge in [-0.25, -0.2) is 4.79 Å². The van der Waals surface area contributed by atoms with E-state index in [0.717, 1.165) is 0 Å². The second kappa shape index (κ2) is 7.55. The van der Waals surface area contributed by atoms with E-state index < -0.39 is 18.1 Å². The number of nitrogen functional groups attached to an aromatic ring is 1. The summed E-state index contributed by atoms with van der Waals surface area (Å²) in [6, 6.07) is 11.7. The molecule has 5 N–H and O–H groups in total. The van der Waals surface area contributed by atoms with Crippen molar-refractivity contribution in [2.24, 2.45) is 0 Å². The number of aliphatic hydroxyl groups is 1. The number of carboxylic acid groups (broad SMARTS) is 1. The third kappa shape index (κ3) is 4.51. The maximum Gasteiger partial charge on any atom is 0.404 e. The Bertz CT molecular complexity index is 709. The zero-order valence-corrected chi connectivity index (χ0v) is 13.6. The Hall–Kier alpha value is -1.95. The van der Waals surface area contributed by atoms with Crippen LogP contribution in [-0.2, 0) is 0 Å². The molecular weight excluding hydrogens is 339 g/mol. The monoisotopic (exact) mass is 354 g/mol. The van der Waals surface area contributed by atoms with Crippen molar-refractivity contribution < 1.29 is 15.0 Å². The average Bonchev–Trinajstić information content (AvgIpc) is 2.50. The molecule has 0 heterocycles. The Morgan fingerprint density at radius 3 is 2.48 bits per heavy atom. The third-order valence-electron chi connectivity index (χ3n) is 3.48. The number of nitrogens with two attached hydrogens (primary N) is 1. The number of aliphatic hydroxyl groups excluding tert-OH is 1. The number of nitrogens with one attached hydrogen (secondary N) is 1. The second-order valence-electron chi connectivity index (χ2n) is 5.08. The largest absolute Gasteiger partial charge is 0.465 e. The molecule has 0 radical (unpaired) electrons. The van der Waals surface area contributed by atoms with E-state index in [0.29, 0.717) is 26.9 Å². The minimum Gasteiger partial charge on any atom is -0.465 e. The highest BCUT2D eigenvalue weighted by Gasteiger charge is 2.24. The fourth-order valence-corrected chi connectivity index (χ4v) is 2.63. The van der Waals surface area contributed by atoms with Crippen molar-refractivity contribution in [3.8, 4) is 0 Å². The number of amides is 1. The van der Waals surface area contributed by atoms with Gasteiger partial charge in [-0.3, -0.25) is 0 Å². The molecule has 2 rings (SSSR count). The molecule has 0 saturated carbocycles. The fourth-order valence-electron chi connectivity index (χ4n) is 2.33. The zero-order valence-electron chi connectivity index (χ0n) is 12.0. The van der Waals surface area contributed by atoms with Crippen LogP contribution in [0.3, 0.4) is 0 Å². The summed E-state index contributed by atoms with van der Waals surface area (Å²) in [6.45, 7) is 0.0171. The fraction of sp³-hybridized carbons (Fsp3) is 0.188. The number of rotatable bonds is 5. The van der Waals surface area contributed by atoms with Crippen molar-refractivity contribution in [2.75, 3.05) is 12.3 Å². The van der Waals surface area contributed by atoms with E-state index in [9.17, 15) is 9.90 Å². The molecule has 1 amide bonds. The van der Waals surface area contributed by atoms with Crippen LogP contribution in [0, 0.1) is 0 Å². The highest BCUT2D eigenvalue weighted by molar-refractivity contribution is 6.42. The number of anilines is 1. The lowest BCUT2D eigenvalue weighted by Crippen LogP contribution is -2.29. The Kier molecular flexibility index (Phi) is 5.71. The minimum absolute atomic E-state index is 0.0171. The maximum atomic E-state index is 10.8. The minimum atomic E-state index is -1.17. The molecule has 0 fully saturated rings. The van der Waals surface area contributed by atoms with Crippen LogP contribution in [0.5, 0.6) is 0 Å². The van der Waals surface area contributed by atoms with E-state index in [2.05, 4.69) is 5.32 Å². The number of benzene rings is 2. The number of hydrogen-bond donors (Lipinski definition) is 4. The van der Waals surface area contributed by atoms with E-state index in [4.69, 9.17) is 34.0 Å². The highest BCUT2D eigenvalue weighted by atomic mass is 35.5. The molecule has 7 heteroatoms. The molecule has 0 aliphatic carbocycles. The molecule has 0 aliphatic heterocycles. The van der Waals surface area contributed by atoms with Crippen molar-refractivity contribution >= 4 is 35.0 Å². The smallest absolute Gasteiger partial charge is 0.404 e. The van der Waals surface area contributed by atoms with Crippen LogP contribution in [0.15, 0.2) is 42.5 Å². The Morgan fingerprint density at radius 1 is 1.13 bits per heavy atom. The molecule has 0 saturated heterocycles. The van der Waals surface area contributed by atoms with Gasteiger partial charge in [-0.1, -0.05) is 41.4 Å². The molecule has 5 nitrogen and oxygen atoms in total. The van der Waals surface area contributed by atoms with E-state index in [1.165, 1.54) is 0 Å². The van der Waals surface area contributed by atoms with Crippen LogP contribution in [0.25, 0.3) is 0 Å². The van der Waals surface area contributed by atoms with Gasteiger partial charge in [-0.15, -0.1) is 0 Å². The molecule has 0 aromatic heterocycles. The van der Waals surface area contributed by atoms with Crippen molar-refractivity contribution in [2.45, 2.75) is 12.0 Å². The molecule has 0 aliphatic rings. The molecule has 2 aromatic carbocycles. The third-order valence-corrected chi connectivity index (χ3v) is 4.22. The lowest BCUT2D eigenvalue weighted by Gasteiger charge is -2.24. The molecule has 0 bridgehead atoms. The van der Waals surface area contributed by atoms with Crippen molar-refractivity contribution in [1.29, 1.82) is 0 Å². The topological polar surface area (TPSA) is 95.6 Å². The molecule has 0 spiro atoms. The van der Waals surface area contributed by atoms with Crippen LogP contribution in [0.1, 0.15) is 23.1 Å². The summed E-state index contributed by atoms with van der Waals surface area (Å²) in [4.78, 5) is 10.8. The Morgan fingerprint density at radius 2 is 1.87 bits per heavy atom. The summed E-state index contributed by atoms with van der Waals surface area (Å²) in [6.07, 6.45) is -2.13. The zero-order chi connectivity index (χ0) is 17.0. The highest BCUT2D eigenvalue weighted by Crippen LogP contribution is 2.34. The normalized spacial score (nSPS) is 13.3. The summed E-state index contributed by atoms with van der Waals surface area (Å²) in [7, 11) is 0. The van der Waals surface area contributed by atoms with E-state index in [-0.39, 0.29) is 6.54 Å². The first-order valence-corrected chi connectivity index (χ1v) is 7.59. The maximum absolute atomic E-state index is 10.8. The summed E-state index contributed by atoms with van der Waals surface area (Å²) < 4.78 is 0. The van der Waals surface area contributed by atoms with Crippen LogP contribution in [0.2, 0.25) is 10.0 Å². The summed E-state index contributed by atoms with van der Waals surface area (Å²) in [5, 5.41) is 22.5. The van der Waals surface area contributed by atoms with Crippen LogP contribution in [-0.4, -0.2) is 22.9 Å². The number of carbonyl (C=O) groups is 1. The quantitative estimate of drug-likeness (QED) is 0.616. The van der Waals surface area contributed by atoms with Crippen LogP contribution < -0.4 is 11.1 Å². The number of halogens is 2. The lowest BCUT2D eigenvalue weighted by atomic mass is 9.89. The first-order valence-electron chi connectivity index (χ1n) is 6.83. The van der Waals surface area contributed by atoms with Gasteiger partial charge < -0.3 is 21.3 Å². The predicted octanol–water partition coefficient (Wildman–Crippen LogP) is 3.66. The summed E-state index contributed by atoms with van der Waals surface area (Å²) >= 11 is 11.9. The predicted molar refractivity (Wildman–Crippen MR) is 91.0 cm³/mol.